The lowest BCUT2D eigenvalue weighted by Gasteiger charge is -2.02. The highest BCUT2D eigenvalue weighted by Crippen LogP contribution is 2.05. The van der Waals surface area contributed by atoms with E-state index in [1.54, 1.807) is 0 Å². The summed E-state index contributed by atoms with van der Waals surface area (Å²) < 4.78 is 5.61. The fourth-order valence-corrected chi connectivity index (χ4v) is 1.67. The van der Waals surface area contributed by atoms with Crippen molar-refractivity contribution in [3.05, 3.63) is 53.1 Å². The molecule has 0 spiro atoms. The Morgan fingerprint density at radius 1 is 1.11 bits per heavy atom. The van der Waals surface area contributed by atoms with Gasteiger partial charge in [0.2, 0.25) is 0 Å². The predicted octanol–water partition coefficient (Wildman–Crippen LogP) is 3.81. The van der Waals surface area contributed by atoms with Crippen molar-refractivity contribution in [2.75, 3.05) is 6.61 Å². The molecular weight excluding hydrogens is 236 g/mol. The van der Waals surface area contributed by atoms with E-state index in [-0.39, 0.29) is 0 Å². The Kier molecular flexibility index (Phi) is 6.90. The molecule has 0 unspecified atom stereocenters. The zero-order chi connectivity index (χ0) is 14.1. The van der Waals surface area contributed by atoms with Gasteiger partial charge in [0, 0.05) is 12.1 Å². The molecule has 1 aromatic carbocycles. The molecule has 19 heavy (non-hydrogen) atoms. The van der Waals surface area contributed by atoms with Crippen LogP contribution >= 0.6 is 0 Å². The number of imidazole rings is 1. The molecule has 0 saturated carbocycles. The van der Waals surface area contributed by atoms with Gasteiger partial charge < -0.3 is 9.72 Å². The summed E-state index contributed by atoms with van der Waals surface area (Å²) in [5.74, 6) is 1.01. The maximum Gasteiger partial charge on any atom is 0.108 e. The molecule has 0 saturated heterocycles. The first-order valence-electron chi connectivity index (χ1n) is 6.89. The van der Waals surface area contributed by atoms with E-state index in [0.29, 0.717) is 13.2 Å². The minimum absolute atomic E-state index is 0.666. The van der Waals surface area contributed by atoms with Crippen molar-refractivity contribution in [2.45, 2.75) is 40.7 Å². The van der Waals surface area contributed by atoms with Crippen LogP contribution in [0.15, 0.2) is 30.3 Å². The van der Waals surface area contributed by atoms with Gasteiger partial charge in [0.25, 0.3) is 0 Å². The van der Waals surface area contributed by atoms with Crippen molar-refractivity contribution < 1.29 is 4.74 Å². The SMILES string of the molecule is CC.Cc1nc(CCOCc2ccccc2)[nH]c1C. The van der Waals surface area contributed by atoms with Crippen LogP contribution in [0, 0.1) is 13.8 Å². The van der Waals surface area contributed by atoms with E-state index in [2.05, 4.69) is 22.1 Å². The van der Waals surface area contributed by atoms with Crippen molar-refractivity contribution in [3.8, 4) is 0 Å². The quantitative estimate of drug-likeness (QED) is 0.830. The van der Waals surface area contributed by atoms with Crippen LogP contribution in [-0.4, -0.2) is 16.6 Å². The number of nitrogens with zero attached hydrogens (tertiary/aromatic N) is 1. The number of rotatable bonds is 5. The number of aromatic amines is 1. The molecule has 0 amide bonds. The lowest BCUT2D eigenvalue weighted by atomic mass is 10.2. The lowest BCUT2D eigenvalue weighted by molar-refractivity contribution is 0.122. The number of benzene rings is 1. The van der Waals surface area contributed by atoms with Crippen molar-refractivity contribution in [3.63, 3.8) is 0 Å². The molecule has 0 aliphatic heterocycles. The second-order valence-corrected chi connectivity index (χ2v) is 4.18. The number of nitrogens with one attached hydrogen (secondary N) is 1. The number of aryl methyl sites for hydroxylation is 2. The smallest absolute Gasteiger partial charge is 0.108 e. The molecule has 0 bridgehead atoms. The maximum absolute atomic E-state index is 5.61. The van der Waals surface area contributed by atoms with E-state index >= 15 is 0 Å². The van der Waals surface area contributed by atoms with Crippen LogP contribution in [0.1, 0.15) is 36.6 Å². The lowest BCUT2D eigenvalue weighted by Crippen LogP contribution is -2.00. The highest BCUT2D eigenvalue weighted by molar-refractivity contribution is 5.13. The Bertz CT molecular complexity index is 443. The number of aromatic nitrogens is 2. The molecule has 2 rings (SSSR count). The van der Waals surface area contributed by atoms with Gasteiger partial charge in [0.15, 0.2) is 0 Å². The molecule has 2 aromatic rings. The van der Waals surface area contributed by atoms with Gasteiger partial charge in [-0.25, -0.2) is 4.98 Å². The Morgan fingerprint density at radius 3 is 2.37 bits per heavy atom. The summed E-state index contributed by atoms with van der Waals surface area (Å²) in [7, 11) is 0. The van der Waals surface area contributed by atoms with E-state index in [1.165, 1.54) is 5.56 Å². The highest BCUT2D eigenvalue weighted by atomic mass is 16.5. The average Bonchev–Trinajstić information content (AvgIpc) is 2.77. The standard InChI is InChI=1S/C14H18N2O.C2H6/c1-11-12(2)16-14(15-11)8-9-17-10-13-6-4-3-5-7-13;1-2/h3-7H,8-10H2,1-2H3,(H,15,16);1-2H3. The molecule has 0 aliphatic rings. The molecule has 104 valence electrons. The summed E-state index contributed by atoms with van der Waals surface area (Å²) >= 11 is 0. The predicted molar refractivity (Wildman–Crippen MR) is 79.2 cm³/mol. The number of ether oxygens (including phenoxy) is 1. The first kappa shape index (κ1) is 15.4. The Hall–Kier alpha value is -1.61. The van der Waals surface area contributed by atoms with Gasteiger partial charge in [-0.15, -0.1) is 0 Å². The van der Waals surface area contributed by atoms with E-state index in [1.807, 2.05) is 45.9 Å². The summed E-state index contributed by atoms with van der Waals surface area (Å²) in [5, 5.41) is 0. The number of hydrogen-bond donors (Lipinski definition) is 1. The highest BCUT2D eigenvalue weighted by Gasteiger charge is 2.01. The summed E-state index contributed by atoms with van der Waals surface area (Å²) in [4.78, 5) is 7.67. The summed E-state index contributed by atoms with van der Waals surface area (Å²) in [6, 6.07) is 10.2. The van der Waals surface area contributed by atoms with Gasteiger partial charge in [-0.2, -0.15) is 0 Å². The van der Waals surface area contributed by atoms with Crippen molar-refractivity contribution >= 4 is 0 Å². The van der Waals surface area contributed by atoms with Crippen LogP contribution in [0.2, 0.25) is 0 Å². The van der Waals surface area contributed by atoms with Gasteiger partial charge in [-0.1, -0.05) is 44.2 Å². The first-order valence-corrected chi connectivity index (χ1v) is 6.89. The van der Waals surface area contributed by atoms with Crippen LogP contribution in [0.5, 0.6) is 0 Å². The van der Waals surface area contributed by atoms with Gasteiger partial charge in [-0.3, -0.25) is 0 Å². The largest absolute Gasteiger partial charge is 0.376 e. The fraction of sp³-hybridized carbons (Fsp3) is 0.438. The molecule has 0 atom stereocenters. The molecule has 3 heteroatoms. The normalized spacial score (nSPS) is 9.89. The Balaban J connectivity index is 0.000000861. The zero-order valence-corrected chi connectivity index (χ0v) is 12.4. The molecular formula is C16H24N2O. The van der Waals surface area contributed by atoms with Crippen molar-refractivity contribution in [1.82, 2.24) is 9.97 Å². The minimum atomic E-state index is 0.666. The molecule has 0 radical (unpaired) electrons. The number of H-pyrrole nitrogens is 1. The van der Waals surface area contributed by atoms with E-state index in [0.717, 1.165) is 23.6 Å². The molecule has 3 nitrogen and oxygen atoms in total. The van der Waals surface area contributed by atoms with Gasteiger partial charge >= 0.3 is 0 Å². The Labute approximate surface area is 116 Å². The second-order valence-electron chi connectivity index (χ2n) is 4.18. The minimum Gasteiger partial charge on any atom is -0.376 e. The topological polar surface area (TPSA) is 37.9 Å². The summed E-state index contributed by atoms with van der Waals surface area (Å²) in [6.45, 7) is 9.41. The number of hydrogen-bond acceptors (Lipinski definition) is 2. The first-order chi connectivity index (χ1) is 9.25. The Morgan fingerprint density at radius 2 is 1.79 bits per heavy atom. The molecule has 0 aliphatic carbocycles. The summed E-state index contributed by atoms with van der Waals surface area (Å²) in [5.41, 5.74) is 3.42. The molecule has 1 N–H and O–H groups in total. The van der Waals surface area contributed by atoms with Crippen LogP contribution in [0.25, 0.3) is 0 Å². The average molecular weight is 260 g/mol. The van der Waals surface area contributed by atoms with Crippen molar-refractivity contribution in [1.29, 1.82) is 0 Å². The molecule has 1 aromatic heterocycles. The third-order valence-electron chi connectivity index (χ3n) is 2.77. The summed E-state index contributed by atoms with van der Waals surface area (Å²) in [6.07, 6.45) is 0.835. The third kappa shape index (κ3) is 5.26. The van der Waals surface area contributed by atoms with Crippen LogP contribution in [0.4, 0.5) is 0 Å². The van der Waals surface area contributed by atoms with Gasteiger partial charge in [0.1, 0.15) is 5.82 Å². The van der Waals surface area contributed by atoms with E-state index < -0.39 is 0 Å². The molecule has 0 fully saturated rings. The zero-order valence-electron chi connectivity index (χ0n) is 12.4. The van der Waals surface area contributed by atoms with Crippen LogP contribution in [-0.2, 0) is 17.8 Å². The fourth-order valence-electron chi connectivity index (χ4n) is 1.67. The van der Waals surface area contributed by atoms with Crippen molar-refractivity contribution in [2.24, 2.45) is 0 Å². The molecule has 1 heterocycles. The second kappa shape index (κ2) is 8.48. The van der Waals surface area contributed by atoms with E-state index in [4.69, 9.17) is 4.74 Å². The monoisotopic (exact) mass is 260 g/mol. The van der Waals surface area contributed by atoms with Gasteiger partial charge in [0.05, 0.1) is 18.9 Å². The van der Waals surface area contributed by atoms with Gasteiger partial charge in [-0.05, 0) is 19.4 Å². The van der Waals surface area contributed by atoms with Crippen LogP contribution < -0.4 is 0 Å². The van der Waals surface area contributed by atoms with Crippen LogP contribution in [0.3, 0.4) is 0 Å². The maximum atomic E-state index is 5.61. The third-order valence-corrected chi connectivity index (χ3v) is 2.77. The van der Waals surface area contributed by atoms with E-state index in [9.17, 15) is 0 Å².